The van der Waals surface area contributed by atoms with E-state index in [1.807, 2.05) is 0 Å². The Morgan fingerprint density at radius 2 is 1.80 bits per heavy atom. The van der Waals surface area contributed by atoms with E-state index in [0.29, 0.717) is 24.3 Å². The van der Waals surface area contributed by atoms with Gasteiger partial charge in [-0.3, -0.25) is 10.1 Å². The fraction of sp³-hybridized carbons (Fsp3) is 0.263. The summed E-state index contributed by atoms with van der Waals surface area (Å²) in [5, 5.41) is 19.0. The summed E-state index contributed by atoms with van der Waals surface area (Å²) in [7, 11) is -3.84. The van der Waals surface area contributed by atoms with Gasteiger partial charge in [-0.15, -0.1) is 10.2 Å². The Balaban J connectivity index is 1.46. The molecule has 156 valence electrons. The van der Waals surface area contributed by atoms with E-state index in [2.05, 4.69) is 10.2 Å². The van der Waals surface area contributed by atoms with E-state index in [-0.39, 0.29) is 41.3 Å². The van der Waals surface area contributed by atoms with Crippen LogP contribution >= 0.6 is 0 Å². The Hall–Kier alpha value is -3.18. The number of benzene rings is 2. The van der Waals surface area contributed by atoms with Gasteiger partial charge in [0.2, 0.25) is 21.8 Å². The largest absolute Gasteiger partial charge is 0.420 e. The lowest BCUT2D eigenvalue weighted by Crippen LogP contribution is -2.38. The van der Waals surface area contributed by atoms with Crippen LogP contribution < -0.4 is 0 Å². The summed E-state index contributed by atoms with van der Waals surface area (Å²) in [6.45, 7) is 0.452. The maximum atomic E-state index is 13.1. The fourth-order valence-corrected chi connectivity index (χ4v) is 4.87. The van der Waals surface area contributed by atoms with Crippen molar-refractivity contribution >= 4 is 15.7 Å². The zero-order valence-corrected chi connectivity index (χ0v) is 16.5. The highest BCUT2D eigenvalue weighted by atomic mass is 32.2. The van der Waals surface area contributed by atoms with Crippen LogP contribution in [0, 0.1) is 15.9 Å². The van der Waals surface area contributed by atoms with Crippen LogP contribution in [-0.4, -0.2) is 40.9 Å². The number of rotatable bonds is 5. The molecule has 0 bridgehead atoms. The molecule has 0 radical (unpaired) electrons. The maximum Gasteiger partial charge on any atom is 0.270 e. The predicted octanol–water partition coefficient (Wildman–Crippen LogP) is 3.35. The van der Waals surface area contributed by atoms with E-state index in [4.69, 9.17) is 4.42 Å². The SMILES string of the molecule is O=[N+]([O-])c1cccc(S(=O)(=O)N2CCC(c3nnc(-c4ccc(F)cc4)o3)CC2)c1. The Kier molecular flexibility index (Phi) is 5.31. The van der Waals surface area contributed by atoms with Crippen LogP contribution in [0.3, 0.4) is 0 Å². The van der Waals surface area contributed by atoms with Crippen LogP contribution in [0.1, 0.15) is 24.7 Å². The molecule has 1 aliphatic heterocycles. The molecule has 0 spiro atoms. The van der Waals surface area contributed by atoms with Crippen molar-refractivity contribution in [2.75, 3.05) is 13.1 Å². The van der Waals surface area contributed by atoms with E-state index in [9.17, 15) is 22.9 Å². The molecule has 0 N–H and O–H groups in total. The molecule has 1 aromatic heterocycles. The van der Waals surface area contributed by atoms with Crippen LogP contribution in [0.15, 0.2) is 57.8 Å². The number of hydrogen-bond donors (Lipinski definition) is 0. The van der Waals surface area contributed by atoms with Crippen molar-refractivity contribution in [1.82, 2.24) is 14.5 Å². The first-order valence-electron chi connectivity index (χ1n) is 9.18. The van der Waals surface area contributed by atoms with Crippen molar-refractivity contribution in [3.8, 4) is 11.5 Å². The number of halogens is 1. The second kappa shape index (κ2) is 7.92. The molecule has 3 aromatic rings. The smallest absolute Gasteiger partial charge is 0.270 e. The molecule has 1 saturated heterocycles. The highest BCUT2D eigenvalue weighted by Crippen LogP contribution is 2.32. The fourth-order valence-electron chi connectivity index (χ4n) is 3.36. The molecule has 2 heterocycles. The molecule has 1 fully saturated rings. The average Bonchev–Trinajstić information content (AvgIpc) is 3.25. The van der Waals surface area contributed by atoms with Gasteiger partial charge in [0, 0.05) is 36.7 Å². The molecular weight excluding hydrogens is 415 g/mol. The summed E-state index contributed by atoms with van der Waals surface area (Å²) in [4.78, 5) is 10.2. The van der Waals surface area contributed by atoms with Crippen LogP contribution in [0.2, 0.25) is 0 Å². The first-order valence-corrected chi connectivity index (χ1v) is 10.6. The van der Waals surface area contributed by atoms with Crippen molar-refractivity contribution < 1.29 is 22.1 Å². The summed E-state index contributed by atoms with van der Waals surface area (Å²) in [5.74, 6) is 0.206. The lowest BCUT2D eigenvalue weighted by molar-refractivity contribution is -0.385. The Morgan fingerprint density at radius 1 is 1.10 bits per heavy atom. The van der Waals surface area contributed by atoms with E-state index < -0.39 is 14.9 Å². The number of nitro groups is 1. The minimum Gasteiger partial charge on any atom is -0.420 e. The molecular formula is C19H17FN4O5S. The van der Waals surface area contributed by atoms with Gasteiger partial charge in [0.15, 0.2) is 0 Å². The third-order valence-electron chi connectivity index (χ3n) is 5.00. The van der Waals surface area contributed by atoms with E-state index in [1.165, 1.54) is 34.6 Å². The molecule has 1 aliphatic rings. The van der Waals surface area contributed by atoms with Crippen molar-refractivity contribution in [3.63, 3.8) is 0 Å². The molecule has 0 atom stereocenters. The number of nitrogens with zero attached hydrogens (tertiary/aromatic N) is 4. The summed E-state index contributed by atoms with van der Waals surface area (Å²) in [5.41, 5.74) is 0.325. The topological polar surface area (TPSA) is 119 Å². The van der Waals surface area contributed by atoms with Gasteiger partial charge in [-0.25, -0.2) is 12.8 Å². The van der Waals surface area contributed by atoms with E-state index in [0.717, 1.165) is 6.07 Å². The zero-order valence-electron chi connectivity index (χ0n) is 15.6. The van der Waals surface area contributed by atoms with Gasteiger partial charge in [0.25, 0.3) is 5.69 Å². The Labute approximate surface area is 171 Å². The summed E-state index contributed by atoms with van der Waals surface area (Å²) in [6.07, 6.45) is 0.943. The van der Waals surface area contributed by atoms with E-state index >= 15 is 0 Å². The number of nitro benzene ring substituents is 1. The van der Waals surface area contributed by atoms with Gasteiger partial charge in [-0.2, -0.15) is 4.31 Å². The molecule has 0 aliphatic carbocycles. The number of piperidine rings is 1. The maximum absolute atomic E-state index is 13.1. The summed E-state index contributed by atoms with van der Waals surface area (Å²) < 4.78 is 45.8. The highest BCUT2D eigenvalue weighted by Gasteiger charge is 2.32. The molecule has 2 aromatic carbocycles. The van der Waals surface area contributed by atoms with Crippen molar-refractivity contribution in [2.24, 2.45) is 0 Å². The van der Waals surface area contributed by atoms with E-state index in [1.54, 1.807) is 12.1 Å². The molecule has 9 nitrogen and oxygen atoms in total. The quantitative estimate of drug-likeness (QED) is 0.448. The van der Waals surface area contributed by atoms with Crippen LogP contribution in [0.25, 0.3) is 11.5 Å². The van der Waals surface area contributed by atoms with Crippen LogP contribution in [-0.2, 0) is 10.0 Å². The minimum atomic E-state index is -3.84. The molecule has 30 heavy (non-hydrogen) atoms. The standard InChI is InChI=1S/C19H17FN4O5S/c20-15-6-4-13(5-7-15)18-21-22-19(29-18)14-8-10-23(11-9-14)30(27,28)17-3-1-2-16(12-17)24(25)26/h1-7,12,14H,8-11H2. The Bertz CT molecular complexity index is 1170. The van der Waals surface area contributed by atoms with Crippen LogP contribution in [0.5, 0.6) is 0 Å². The minimum absolute atomic E-state index is 0.105. The number of aromatic nitrogens is 2. The van der Waals surface area contributed by atoms with Gasteiger partial charge in [-0.1, -0.05) is 6.07 Å². The van der Waals surface area contributed by atoms with Crippen LogP contribution in [0.4, 0.5) is 10.1 Å². The van der Waals surface area contributed by atoms with Gasteiger partial charge >= 0.3 is 0 Å². The van der Waals surface area contributed by atoms with Crippen molar-refractivity contribution in [1.29, 1.82) is 0 Å². The van der Waals surface area contributed by atoms with Gasteiger partial charge < -0.3 is 4.42 Å². The molecule has 0 amide bonds. The summed E-state index contributed by atoms with van der Waals surface area (Å²) in [6, 6.07) is 10.7. The zero-order chi connectivity index (χ0) is 21.3. The lowest BCUT2D eigenvalue weighted by atomic mass is 9.98. The molecule has 11 heteroatoms. The van der Waals surface area contributed by atoms with Gasteiger partial charge in [0.05, 0.1) is 9.82 Å². The number of sulfonamides is 1. The normalized spacial score (nSPS) is 15.9. The monoisotopic (exact) mass is 432 g/mol. The second-order valence-corrected chi connectivity index (χ2v) is 8.82. The first kappa shape index (κ1) is 20.1. The highest BCUT2D eigenvalue weighted by molar-refractivity contribution is 7.89. The number of non-ortho nitro benzene ring substituents is 1. The third kappa shape index (κ3) is 3.94. The lowest BCUT2D eigenvalue weighted by Gasteiger charge is -2.29. The molecule has 0 saturated carbocycles. The van der Waals surface area contributed by atoms with Crippen molar-refractivity contribution in [3.05, 3.63) is 70.4 Å². The molecule has 0 unspecified atom stereocenters. The average molecular weight is 432 g/mol. The number of hydrogen-bond acceptors (Lipinski definition) is 7. The van der Waals surface area contributed by atoms with Crippen molar-refractivity contribution in [2.45, 2.75) is 23.7 Å². The second-order valence-electron chi connectivity index (χ2n) is 6.89. The Morgan fingerprint density at radius 3 is 2.47 bits per heavy atom. The summed E-state index contributed by atoms with van der Waals surface area (Å²) >= 11 is 0. The first-order chi connectivity index (χ1) is 14.3. The molecule has 4 rings (SSSR count). The predicted molar refractivity (Wildman–Crippen MR) is 104 cm³/mol. The van der Waals surface area contributed by atoms with Gasteiger partial charge in [0.1, 0.15) is 5.82 Å². The van der Waals surface area contributed by atoms with Gasteiger partial charge in [-0.05, 0) is 43.2 Å². The third-order valence-corrected chi connectivity index (χ3v) is 6.90.